The van der Waals surface area contributed by atoms with Gasteiger partial charge in [0.05, 0.1) is 47.0 Å². The molecule has 31 heavy (non-hydrogen) atoms. The standard InChI is InChI=1S/C23H22FN5O2/c1-3-20(15-8-9-26-21(10-15)14(2)30)28-23(31)19-11-25-13-22-18(19)12-27-29(22)17-6-4-16(24)5-7-17/h4-14,20,30H,3H2,1-2H3,(H,28,31)/t14?,20-/m0/s1. The van der Waals surface area contributed by atoms with Gasteiger partial charge in [-0.2, -0.15) is 5.10 Å². The molecule has 2 atom stereocenters. The molecule has 0 bridgehead atoms. The van der Waals surface area contributed by atoms with Crippen LogP contribution in [0.1, 0.15) is 54.0 Å². The van der Waals surface area contributed by atoms with E-state index in [2.05, 4.69) is 20.4 Å². The zero-order chi connectivity index (χ0) is 22.0. The van der Waals surface area contributed by atoms with E-state index in [1.165, 1.54) is 18.3 Å². The van der Waals surface area contributed by atoms with Gasteiger partial charge in [-0.15, -0.1) is 0 Å². The lowest BCUT2D eigenvalue weighted by Crippen LogP contribution is -2.28. The van der Waals surface area contributed by atoms with E-state index < -0.39 is 6.10 Å². The fraction of sp³-hybridized carbons (Fsp3) is 0.217. The molecule has 0 saturated carbocycles. The minimum Gasteiger partial charge on any atom is -0.387 e. The number of hydrogen-bond donors (Lipinski definition) is 2. The largest absolute Gasteiger partial charge is 0.387 e. The number of aliphatic hydroxyl groups is 1. The van der Waals surface area contributed by atoms with Crippen molar-refractivity contribution in [2.45, 2.75) is 32.4 Å². The maximum atomic E-state index is 13.3. The maximum Gasteiger partial charge on any atom is 0.254 e. The van der Waals surface area contributed by atoms with Gasteiger partial charge in [0, 0.05) is 17.8 Å². The van der Waals surface area contributed by atoms with E-state index in [0.717, 1.165) is 5.56 Å². The van der Waals surface area contributed by atoms with Gasteiger partial charge in [0.15, 0.2) is 0 Å². The summed E-state index contributed by atoms with van der Waals surface area (Å²) in [5, 5.41) is 17.9. The number of nitrogens with one attached hydrogen (secondary N) is 1. The molecule has 0 aliphatic rings. The molecule has 0 radical (unpaired) electrons. The molecule has 1 unspecified atom stereocenters. The smallest absolute Gasteiger partial charge is 0.254 e. The fourth-order valence-corrected chi connectivity index (χ4v) is 3.48. The van der Waals surface area contributed by atoms with Gasteiger partial charge in [0.25, 0.3) is 5.91 Å². The highest BCUT2D eigenvalue weighted by Crippen LogP contribution is 2.24. The van der Waals surface area contributed by atoms with Crippen molar-refractivity contribution >= 4 is 16.8 Å². The second-order valence-electron chi connectivity index (χ2n) is 7.28. The number of aliphatic hydroxyl groups excluding tert-OH is 1. The Kier molecular flexibility index (Phi) is 5.73. The van der Waals surface area contributed by atoms with Gasteiger partial charge in [-0.3, -0.25) is 14.8 Å². The van der Waals surface area contributed by atoms with E-state index in [0.29, 0.717) is 34.3 Å². The molecule has 0 spiro atoms. The van der Waals surface area contributed by atoms with Crippen molar-refractivity contribution in [1.82, 2.24) is 25.1 Å². The van der Waals surface area contributed by atoms with Gasteiger partial charge in [-0.1, -0.05) is 6.92 Å². The van der Waals surface area contributed by atoms with Crippen LogP contribution < -0.4 is 5.32 Å². The van der Waals surface area contributed by atoms with Crippen LogP contribution in [0.2, 0.25) is 0 Å². The van der Waals surface area contributed by atoms with Crippen molar-refractivity contribution in [2.24, 2.45) is 0 Å². The Bertz CT molecular complexity index is 1220. The van der Waals surface area contributed by atoms with Gasteiger partial charge in [-0.25, -0.2) is 9.07 Å². The maximum absolute atomic E-state index is 13.3. The van der Waals surface area contributed by atoms with Crippen LogP contribution in [0.4, 0.5) is 4.39 Å². The van der Waals surface area contributed by atoms with E-state index in [-0.39, 0.29) is 17.8 Å². The summed E-state index contributed by atoms with van der Waals surface area (Å²) in [4.78, 5) is 21.5. The topological polar surface area (TPSA) is 92.9 Å². The van der Waals surface area contributed by atoms with Crippen LogP contribution in [0.25, 0.3) is 16.6 Å². The summed E-state index contributed by atoms with van der Waals surface area (Å²) in [5.41, 5.74) is 3.13. The Hall–Kier alpha value is -3.65. The summed E-state index contributed by atoms with van der Waals surface area (Å²) in [5.74, 6) is -0.613. The number of rotatable bonds is 6. The molecule has 1 aromatic carbocycles. The third kappa shape index (κ3) is 4.15. The van der Waals surface area contributed by atoms with Gasteiger partial charge >= 0.3 is 0 Å². The molecule has 4 rings (SSSR count). The minimum atomic E-state index is -0.691. The predicted octanol–water partition coefficient (Wildman–Crippen LogP) is 3.89. The van der Waals surface area contributed by atoms with Crippen LogP contribution in [0.15, 0.2) is 61.2 Å². The molecule has 3 heterocycles. The second kappa shape index (κ2) is 8.61. The highest BCUT2D eigenvalue weighted by Gasteiger charge is 2.19. The molecular weight excluding hydrogens is 397 g/mol. The average molecular weight is 419 g/mol. The number of amides is 1. The lowest BCUT2D eigenvalue weighted by molar-refractivity contribution is 0.0937. The van der Waals surface area contributed by atoms with Crippen molar-refractivity contribution in [2.75, 3.05) is 0 Å². The number of aromatic nitrogens is 4. The van der Waals surface area contributed by atoms with Crippen LogP contribution in [0, 0.1) is 5.82 Å². The van der Waals surface area contributed by atoms with Crippen LogP contribution in [-0.4, -0.2) is 30.8 Å². The Labute approximate surface area is 178 Å². The summed E-state index contributed by atoms with van der Waals surface area (Å²) >= 11 is 0. The van der Waals surface area contributed by atoms with Gasteiger partial charge in [0.2, 0.25) is 0 Å². The monoisotopic (exact) mass is 419 g/mol. The van der Waals surface area contributed by atoms with Crippen molar-refractivity contribution in [1.29, 1.82) is 0 Å². The normalized spacial score (nSPS) is 13.2. The van der Waals surface area contributed by atoms with Crippen LogP contribution in [0.3, 0.4) is 0 Å². The minimum absolute atomic E-state index is 0.254. The van der Waals surface area contributed by atoms with Gasteiger partial charge in [0.1, 0.15) is 5.82 Å². The van der Waals surface area contributed by atoms with Crippen molar-refractivity contribution in [3.05, 3.63) is 83.8 Å². The Morgan fingerprint density at radius 3 is 2.68 bits per heavy atom. The fourth-order valence-electron chi connectivity index (χ4n) is 3.48. The molecular formula is C23H22FN5O2. The summed E-state index contributed by atoms with van der Waals surface area (Å²) in [6.07, 6.45) is 6.33. The molecule has 3 aromatic heterocycles. The quantitative estimate of drug-likeness (QED) is 0.495. The number of carbonyl (C=O) groups is 1. The van der Waals surface area contributed by atoms with Crippen molar-refractivity contribution in [3.63, 3.8) is 0 Å². The summed E-state index contributed by atoms with van der Waals surface area (Å²) in [6, 6.07) is 9.31. The highest BCUT2D eigenvalue weighted by molar-refractivity contribution is 6.06. The third-order valence-corrected chi connectivity index (χ3v) is 5.16. The molecule has 0 aliphatic heterocycles. The predicted molar refractivity (Wildman–Crippen MR) is 114 cm³/mol. The van der Waals surface area contributed by atoms with E-state index >= 15 is 0 Å². The van der Waals surface area contributed by atoms with Crippen LogP contribution in [-0.2, 0) is 0 Å². The first kappa shape index (κ1) is 20.6. The number of nitrogens with zero attached hydrogens (tertiary/aromatic N) is 4. The third-order valence-electron chi connectivity index (χ3n) is 5.16. The Morgan fingerprint density at radius 1 is 1.19 bits per heavy atom. The van der Waals surface area contributed by atoms with Crippen LogP contribution in [0.5, 0.6) is 0 Å². The lowest BCUT2D eigenvalue weighted by atomic mass is 10.0. The zero-order valence-electron chi connectivity index (χ0n) is 17.2. The van der Waals surface area contributed by atoms with E-state index in [1.54, 1.807) is 48.4 Å². The SMILES string of the molecule is CC[C@H](NC(=O)c1cncc2c1cnn2-c1ccc(F)cc1)c1ccnc(C(C)O)c1. The van der Waals surface area contributed by atoms with E-state index in [4.69, 9.17) is 0 Å². The second-order valence-corrected chi connectivity index (χ2v) is 7.28. The Balaban J connectivity index is 1.64. The molecule has 0 saturated heterocycles. The average Bonchev–Trinajstić information content (AvgIpc) is 3.22. The molecule has 8 heteroatoms. The van der Waals surface area contributed by atoms with Crippen LogP contribution >= 0.6 is 0 Å². The van der Waals surface area contributed by atoms with Crippen molar-refractivity contribution < 1.29 is 14.3 Å². The van der Waals surface area contributed by atoms with Crippen molar-refractivity contribution in [3.8, 4) is 5.69 Å². The molecule has 158 valence electrons. The molecule has 0 fully saturated rings. The summed E-state index contributed by atoms with van der Waals surface area (Å²) < 4.78 is 14.9. The number of benzene rings is 1. The lowest BCUT2D eigenvalue weighted by Gasteiger charge is -2.18. The summed E-state index contributed by atoms with van der Waals surface area (Å²) in [6.45, 7) is 3.62. The van der Waals surface area contributed by atoms with Gasteiger partial charge < -0.3 is 10.4 Å². The first-order chi connectivity index (χ1) is 15.0. The highest BCUT2D eigenvalue weighted by atomic mass is 19.1. The van der Waals surface area contributed by atoms with E-state index in [1.807, 2.05) is 13.0 Å². The first-order valence-corrected chi connectivity index (χ1v) is 10.0. The molecule has 1 amide bonds. The number of hydrogen-bond acceptors (Lipinski definition) is 5. The first-order valence-electron chi connectivity index (χ1n) is 10.0. The molecule has 2 N–H and O–H groups in total. The number of carbonyl (C=O) groups excluding carboxylic acids is 1. The number of halogens is 1. The Morgan fingerprint density at radius 2 is 1.97 bits per heavy atom. The van der Waals surface area contributed by atoms with Gasteiger partial charge in [-0.05, 0) is 55.3 Å². The number of pyridine rings is 2. The molecule has 7 nitrogen and oxygen atoms in total. The summed E-state index contributed by atoms with van der Waals surface area (Å²) in [7, 11) is 0. The van der Waals surface area contributed by atoms with E-state index in [9.17, 15) is 14.3 Å². The molecule has 4 aromatic rings. The number of fused-ring (bicyclic) bond motifs is 1. The molecule has 0 aliphatic carbocycles. The zero-order valence-corrected chi connectivity index (χ0v) is 17.2.